The second-order valence-corrected chi connectivity index (χ2v) is 3.79. The Morgan fingerprint density at radius 2 is 2.31 bits per heavy atom. The van der Waals surface area contributed by atoms with E-state index >= 15 is 0 Å². The third kappa shape index (κ3) is 3.22. The van der Waals surface area contributed by atoms with Crippen molar-refractivity contribution in [1.82, 2.24) is 4.90 Å². The Bertz CT molecular complexity index is 182. The fourth-order valence-electron chi connectivity index (χ4n) is 1.70. The zero-order chi connectivity index (χ0) is 9.84. The van der Waals surface area contributed by atoms with Crippen molar-refractivity contribution < 1.29 is 9.53 Å². The van der Waals surface area contributed by atoms with E-state index in [1.54, 1.807) is 0 Å². The molecule has 0 spiro atoms. The number of nitrogens with zero attached hydrogens (tertiary/aromatic N) is 1. The van der Waals surface area contributed by atoms with E-state index in [-0.39, 0.29) is 6.10 Å². The molecule has 0 aliphatic carbocycles. The number of piperidine rings is 1. The molecule has 0 radical (unpaired) electrons. The lowest BCUT2D eigenvalue weighted by Gasteiger charge is -2.34. The summed E-state index contributed by atoms with van der Waals surface area (Å²) in [5.41, 5.74) is 4.97. The minimum atomic E-state index is -0.657. The van der Waals surface area contributed by atoms with Gasteiger partial charge in [0.2, 0.25) is 0 Å². The topological polar surface area (TPSA) is 55.6 Å². The van der Waals surface area contributed by atoms with Crippen molar-refractivity contribution in [3.05, 3.63) is 0 Å². The van der Waals surface area contributed by atoms with Crippen LogP contribution in [0.25, 0.3) is 0 Å². The molecule has 1 aliphatic heterocycles. The summed E-state index contributed by atoms with van der Waals surface area (Å²) in [6.45, 7) is 6.20. The van der Waals surface area contributed by atoms with Gasteiger partial charge in [0.05, 0.1) is 0 Å². The van der Waals surface area contributed by atoms with E-state index in [1.165, 1.54) is 0 Å². The molecule has 1 amide bonds. The van der Waals surface area contributed by atoms with Gasteiger partial charge >= 0.3 is 6.09 Å². The summed E-state index contributed by atoms with van der Waals surface area (Å²) in [6.07, 6.45) is 1.35. The molecule has 1 saturated heterocycles. The average Bonchev–Trinajstić information content (AvgIpc) is 2.03. The van der Waals surface area contributed by atoms with Crippen LogP contribution in [0, 0.1) is 0 Å². The lowest BCUT2D eigenvalue weighted by Crippen LogP contribution is -2.44. The van der Waals surface area contributed by atoms with E-state index in [0.717, 1.165) is 25.9 Å². The van der Waals surface area contributed by atoms with Crippen LogP contribution < -0.4 is 5.73 Å². The lowest BCUT2D eigenvalue weighted by molar-refractivity contribution is 0.0362. The summed E-state index contributed by atoms with van der Waals surface area (Å²) >= 11 is 0. The van der Waals surface area contributed by atoms with Crippen LogP contribution in [0.3, 0.4) is 0 Å². The summed E-state index contributed by atoms with van der Waals surface area (Å²) < 4.78 is 4.97. The molecule has 4 heteroatoms. The van der Waals surface area contributed by atoms with Crippen LogP contribution in [0.5, 0.6) is 0 Å². The Morgan fingerprint density at radius 3 is 2.85 bits per heavy atom. The van der Waals surface area contributed by atoms with Crippen LogP contribution in [-0.2, 0) is 4.74 Å². The number of hydrogen-bond donors (Lipinski definition) is 1. The van der Waals surface area contributed by atoms with Crippen LogP contribution >= 0.6 is 0 Å². The predicted octanol–water partition coefficient (Wildman–Crippen LogP) is 0.955. The number of nitrogens with two attached hydrogens (primary N) is 1. The normalized spacial score (nSPS) is 24.7. The fourth-order valence-corrected chi connectivity index (χ4v) is 1.70. The molecule has 4 nitrogen and oxygen atoms in total. The van der Waals surface area contributed by atoms with Crippen molar-refractivity contribution in [1.29, 1.82) is 0 Å². The highest BCUT2D eigenvalue weighted by atomic mass is 16.6. The van der Waals surface area contributed by atoms with Gasteiger partial charge in [0.15, 0.2) is 0 Å². The molecule has 13 heavy (non-hydrogen) atoms. The molecule has 1 rings (SSSR count). The minimum absolute atomic E-state index is 0.00588. The summed E-state index contributed by atoms with van der Waals surface area (Å²) in [5, 5.41) is 0. The first-order valence-electron chi connectivity index (χ1n) is 4.79. The maximum atomic E-state index is 10.5. The Balaban J connectivity index is 2.37. The molecule has 0 saturated carbocycles. The highest BCUT2D eigenvalue weighted by Gasteiger charge is 2.23. The first kappa shape index (κ1) is 10.3. The predicted molar refractivity (Wildman–Crippen MR) is 50.4 cm³/mol. The number of ether oxygens (including phenoxy) is 1. The van der Waals surface area contributed by atoms with Gasteiger partial charge in [-0.15, -0.1) is 0 Å². The van der Waals surface area contributed by atoms with E-state index in [9.17, 15) is 4.79 Å². The largest absolute Gasteiger partial charge is 0.445 e. The van der Waals surface area contributed by atoms with Gasteiger partial charge in [-0.05, 0) is 33.2 Å². The van der Waals surface area contributed by atoms with Crippen LogP contribution in [0.2, 0.25) is 0 Å². The number of carbonyl (C=O) groups is 1. The van der Waals surface area contributed by atoms with Crippen LogP contribution in [0.1, 0.15) is 26.7 Å². The zero-order valence-electron chi connectivity index (χ0n) is 8.32. The highest BCUT2D eigenvalue weighted by molar-refractivity contribution is 5.64. The molecule has 0 aromatic carbocycles. The number of likely N-dealkylation sites (tertiary alicyclic amines) is 1. The number of rotatable bonds is 2. The van der Waals surface area contributed by atoms with Crippen molar-refractivity contribution in [2.24, 2.45) is 5.73 Å². The van der Waals surface area contributed by atoms with E-state index in [1.807, 2.05) is 0 Å². The Kier molecular flexibility index (Phi) is 3.54. The highest BCUT2D eigenvalue weighted by Crippen LogP contribution is 2.15. The summed E-state index contributed by atoms with van der Waals surface area (Å²) in [7, 11) is 0. The maximum Gasteiger partial charge on any atom is 0.404 e. The first-order valence-corrected chi connectivity index (χ1v) is 4.79. The van der Waals surface area contributed by atoms with E-state index in [0.29, 0.717) is 6.04 Å². The minimum Gasteiger partial charge on any atom is -0.445 e. The SMILES string of the molecule is CC(C)N1CCC[C@@H](OC(N)=O)C1. The smallest absolute Gasteiger partial charge is 0.404 e. The molecule has 0 unspecified atom stereocenters. The number of hydrogen-bond acceptors (Lipinski definition) is 3. The van der Waals surface area contributed by atoms with Crippen molar-refractivity contribution in [2.45, 2.75) is 38.8 Å². The van der Waals surface area contributed by atoms with Gasteiger partial charge in [-0.3, -0.25) is 4.90 Å². The monoisotopic (exact) mass is 186 g/mol. The standard InChI is InChI=1S/C9H18N2O2/c1-7(2)11-5-3-4-8(6-11)13-9(10)12/h7-8H,3-6H2,1-2H3,(H2,10,12)/t8-/m1/s1. The lowest BCUT2D eigenvalue weighted by atomic mass is 10.1. The van der Waals surface area contributed by atoms with Crippen LogP contribution in [0.4, 0.5) is 4.79 Å². The van der Waals surface area contributed by atoms with Gasteiger partial charge < -0.3 is 10.5 Å². The van der Waals surface area contributed by atoms with Crippen molar-refractivity contribution in [3.8, 4) is 0 Å². The number of carbonyl (C=O) groups excluding carboxylic acids is 1. The number of amides is 1. The molecule has 0 aromatic heterocycles. The van der Waals surface area contributed by atoms with Gasteiger partial charge in [-0.25, -0.2) is 4.79 Å². The Labute approximate surface area is 79.0 Å². The summed E-state index contributed by atoms with van der Waals surface area (Å²) in [6, 6.07) is 0.513. The van der Waals surface area contributed by atoms with E-state index in [2.05, 4.69) is 18.7 Å². The summed E-state index contributed by atoms with van der Waals surface area (Å²) in [4.78, 5) is 12.8. The van der Waals surface area contributed by atoms with Crippen molar-refractivity contribution in [3.63, 3.8) is 0 Å². The molecule has 76 valence electrons. The quantitative estimate of drug-likeness (QED) is 0.698. The molecule has 1 fully saturated rings. The van der Waals surface area contributed by atoms with Gasteiger partial charge in [0.1, 0.15) is 6.10 Å². The number of primary amides is 1. The van der Waals surface area contributed by atoms with Crippen LogP contribution in [0.15, 0.2) is 0 Å². The molecule has 1 heterocycles. The molecule has 1 atom stereocenters. The van der Waals surface area contributed by atoms with Gasteiger partial charge in [0, 0.05) is 12.6 Å². The molecule has 2 N–H and O–H groups in total. The van der Waals surface area contributed by atoms with E-state index in [4.69, 9.17) is 10.5 Å². The van der Waals surface area contributed by atoms with Crippen LogP contribution in [-0.4, -0.2) is 36.2 Å². The van der Waals surface area contributed by atoms with E-state index < -0.39 is 6.09 Å². The Hall–Kier alpha value is -0.770. The molecule has 0 bridgehead atoms. The molecule has 1 aliphatic rings. The van der Waals surface area contributed by atoms with Gasteiger partial charge in [0.25, 0.3) is 0 Å². The summed E-state index contributed by atoms with van der Waals surface area (Å²) in [5.74, 6) is 0. The molecular formula is C9H18N2O2. The average molecular weight is 186 g/mol. The Morgan fingerprint density at radius 1 is 1.62 bits per heavy atom. The second kappa shape index (κ2) is 4.46. The molecular weight excluding hydrogens is 168 g/mol. The third-order valence-electron chi connectivity index (χ3n) is 2.42. The first-order chi connectivity index (χ1) is 6.09. The van der Waals surface area contributed by atoms with Crippen molar-refractivity contribution >= 4 is 6.09 Å². The van der Waals surface area contributed by atoms with Gasteiger partial charge in [-0.1, -0.05) is 0 Å². The second-order valence-electron chi connectivity index (χ2n) is 3.79. The fraction of sp³-hybridized carbons (Fsp3) is 0.889. The molecule has 0 aromatic rings. The third-order valence-corrected chi connectivity index (χ3v) is 2.42. The maximum absolute atomic E-state index is 10.5. The van der Waals surface area contributed by atoms with Gasteiger partial charge in [-0.2, -0.15) is 0 Å². The zero-order valence-corrected chi connectivity index (χ0v) is 8.32. The van der Waals surface area contributed by atoms with Crippen molar-refractivity contribution in [2.75, 3.05) is 13.1 Å².